The lowest BCUT2D eigenvalue weighted by molar-refractivity contribution is -0.119. The number of carbonyl (C=O) groups is 1. The summed E-state index contributed by atoms with van der Waals surface area (Å²) >= 11 is 0. The van der Waals surface area contributed by atoms with Crippen molar-refractivity contribution in [2.45, 2.75) is 32.2 Å². The van der Waals surface area contributed by atoms with E-state index in [4.69, 9.17) is 0 Å². The molecule has 0 saturated heterocycles. The van der Waals surface area contributed by atoms with Crippen LogP contribution < -0.4 is 16.0 Å². The number of anilines is 1. The molecular weight excluding hydrogens is 288 g/mol. The maximum absolute atomic E-state index is 12.2. The quantitative estimate of drug-likeness (QED) is 0.430. The van der Waals surface area contributed by atoms with Crippen molar-refractivity contribution in [2.24, 2.45) is 10.9 Å². The van der Waals surface area contributed by atoms with Gasteiger partial charge in [0.05, 0.1) is 0 Å². The molecule has 0 unspecified atom stereocenters. The van der Waals surface area contributed by atoms with Crippen LogP contribution in [0.4, 0.5) is 5.69 Å². The molecule has 0 bridgehead atoms. The fourth-order valence-corrected chi connectivity index (χ4v) is 2.77. The highest BCUT2D eigenvalue weighted by Gasteiger charge is 2.22. The van der Waals surface area contributed by atoms with Gasteiger partial charge in [-0.25, -0.2) is 0 Å². The highest BCUT2D eigenvalue weighted by atomic mass is 16.1. The topological polar surface area (TPSA) is 65.5 Å². The molecule has 124 valence electrons. The Labute approximate surface area is 138 Å². The molecule has 0 aliphatic heterocycles. The third kappa shape index (κ3) is 5.43. The van der Waals surface area contributed by atoms with Gasteiger partial charge in [-0.2, -0.15) is 0 Å². The Morgan fingerprint density at radius 3 is 2.83 bits per heavy atom. The first-order chi connectivity index (χ1) is 11.2. The molecule has 1 aromatic rings. The number of guanidine groups is 1. The Balaban J connectivity index is 1.88. The van der Waals surface area contributed by atoms with Crippen molar-refractivity contribution in [1.29, 1.82) is 0 Å². The zero-order valence-electron chi connectivity index (χ0n) is 13.8. The SMILES string of the molecule is C=CCNC(=NC)NCc1cccc(NC(=O)C2CCCC2)c1. The van der Waals surface area contributed by atoms with Gasteiger partial charge in [0, 0.05) is 31.7 Å². The van der Waals surface area contributed by atoms with Crippen LogP contribution in [0, 0.1) is 5.92 Å². The molecule has 3 N–H and O–H groups in total. The van der Waals surface area contributed by atoms with E-state index in [0.29, 0.717) is 13.1 Å². The van der Waals surface area contributed by atoms with Crippen LogP contribution in [0.3, 0.4) is 0 Å². The predicted molar refractivity (Wildman–Crippen MR) is 95.4 cm³/mol. The molecule has 0 atom stereocenters. The second-order valence-corrected chi connectivity index (χ2v) is 5.77. The molecule has 1 amide bonds. The molecule has 0 radical (unpaired) electrons. The fraction of sp³-hybridized carbons (Fsp3) is 0.444. The minimum atomic E-state index is 0.149. The van der Waals surface area contributed by atoms with Crippen molar-refractivity contribution in [2.75, 3.05) is 18.9 Å². The van der Waals surface area contributed by atoms with Crippen LogP contribution in [0.15, 0.2) is 41.9 Å². The second-order valence-electron chi connectivity index (χ2n) is 5.77. The highest BCUT2D eigenvalue weighted by Crippen LogP contribution is 2.26. The van der Waals surface area contributed by atoms with Crippen molar-refractivity contribution in [3.63, 3.8) is 0 Å². The summed E-state index contributed by atoms with van der Waals surface area (Å²) in [5.74, 6) is 1.06. The highest BCUT2D eigenvalue weighted by molar-refractivity contribution is 5.92. The van der Waals surface area contributed by atoms with E-state index in [0.717, 1.165) is 30.1 Å². The summed E-state index contributed by atoms with van der Waals surface area (Å²) in [6.45, 7) is 4.98. The smallest absolute Gasteiger partial charge is 0.227 e. The van der Waals surface area contributed by atoms with E-state index in [-0.39, 0.29) is 11.8 Å². The number of rotatable bonds is 6. The van der Waals surface area contributed by atoms with Gasteiger partial charge >= 0.3 is 0 Å². The van der Waals surface area contributed by atoms with Gasteiger partial charge < -0.3 is 16.0 Å². The summed E-state index contributed by atoms with van der Waals surface area (Å²) in [4.78, 5) is 16.3. The molecule has 2 rings (SSSR count). The number of nitrogens with zero attached hydrogens (tertiary/aromatic N) is 1. The third-order valence-electron chi connectivity index (χ3n) is 4.02. The molecule has 1 aromatic carbocycles. The van der Waals surface area contributed by atoms with E-state index in [9.17, 15) is 4.79 Å². The zero-order chi connectivity index (χ0) is 16.5. The second kappa shape index (κ2) is 8.98. The summed E-state index contributed by atoms with van der Waals surface area (Å²) in [7, 11) is 1.73. The van der Waals surface area contributed by atoms with E-state index >= 15 is 0 Å². The number of aliphatic imine (C=N–C) groups is 1. The third-order valence-corrected chi connectivity index (χ3v) is 4.02. The molecule has 0 aromatic heterocycles. The van der Waals surface area contributed by atoms with Crippen LogP contribution in [-0.4, -0.2) is 25.5 Å². The first-order valence-electron chi connectivity index (χ1n) is 8.18. The largest absolute Gasteiger partial charge is 0.353 e. The molecule has 1 saturated carbocycles. The molecule has 0 heterocycles. The number of nitrogens with one attached hydrogen (secondary N) is 3. The van der Waals surface area contributed by atoms with Gasteiger partial charge in [0.25, 0.3) is 0 Å². The summed E-state index contributed by atoms with van der Waals surface area (Å²) in [5, 5.41) is 9.39. The van der Waals surface area contributed by atoms with Gasteiger partial charge in [-0.05, 0) is 30.5 Å². The molecular formula is C18H26N4O. The molecule has 1 aliphatic carbocycles. The van der Waals surface area contributed by atoms with Gasteiger partial charge in [0.15, 0.2) is 5.96 Å². The number of carbonyl (C=O) groups excluding carboxylic acids is 1. The Kier molecular flexibility index (Phi) is 6.66. The zero-order valence-corrected chi connectivity index (χ0v) is 13.8. The van der Waals surface area contributed by atoms with Crippen molar-refractivity contribution in [3.8, 4) is 0 Å². The minimum absolute atomic E-state index is 0.149. The summed E-state index contributed by atoms with van der Waals surface area (Å²) < 4.78 is 0. The molecule has 1 fully saturated rings. The van der Waals surface area contributed by atoms with E-state index in [1.165, 1.54) is 12.8 Å². The van der Waals surface area contributed by atoms with E-state index in [1.807, 2.05) is 24.3 Å². The predicted octanol–water partition coefficient (Wildman–Crippen LogP) is 2.67. The maximum atomic E-state index is 12.2. The Morgan fingerprint density at radius 2 is 2.13 bits per heavy atom. The average molecular weight is 314 g/mol. The van der Waals surface area contributed by atoms with Crippen molar-refractivity contribution >= 4 is 17.6 Å². The monoisotopic (exact) mass is 314 g/mol. The van der Waals surface area contributed by atoms with Crippen LogP contribution >= 0.6 is 0 Å². The van der Waals surface area contributed by atoms with Crippen LogP contribution in [-0.2, 0) is 11.3 Å². The van der Waals surface area contributed by atoms with Crippen LogP contribution in [0.2, 0.25) is 0 Å². The van der Waals surface area contributed by atoms with Gasteiger partial charge in [-0.15, -0.1) is 6.58 Å². The average Bonchev–Trinajstić information content (AvgIpc) is 3.10. The van der Waals surface area contributed by atoms with Gasteiger partial charge in [-0.3, -0.25) is 9.79 Å². The van der Waals surface area contributed by atoms with E-state index in [1.54, 1.807) is 13.1 Å². The standard InChI is InChI=1S/C18H26N4O/c1-3-11-20-18(19-2)21-13-14-7-6-10-16(12-14)22-17(23)15-8-4-5-9-15/h3,6-7,10,12,15H,1,4-5,8-9,11,13H2,2H3,(H,22,23)(H2,19,20,21). The molecule has 1 aliphatic rings. The first kappa shape index (κ1) is 17.1. The minimum Gasteiger partial charge on any atom is -0.353 e. The van der Waals surface area contributed by atoms with E-state index < -0.39 is 0 Å². The first-order valence-corrected chi connectivity index (χ1v) is 8.18. The number of amides is 1. The van der Waals surface area contributed by atoms with Gasteiger partial charge in [-0.1, -0.05) is 31.1 Å². The molecule has 5 heteroatoms. The maximum Gasteiger partial charge on any atom is 0.227 e. The number of benzene rings is 1. The van der Waals surface area contributed by atoms with E-state index in [2.05, 4.69) is 27.5 Å². The Morgan fingerprint density at radius 1 is 1.35 bits per heavy atom. The normalized spacial score (nSPS) is 15.3. The molecule has 5 nitrogen and oxygen atoms in total. The summed E-state index contributed by atoms with van der Waals surface area (Å²) in [6, 6.07) is 7.92. The van der Waals surface area contributed by atoms with Crippen molar-refractivity contribution in [1.82, 2.24) is 10.6 Å². The van der Waals surface area contributed by atoms with Crippen LogP contribution in [0.1, 0.15) is 31.2 Å². The fourth-order valence-electron chi connectivity index (χ4n) is 2.77. The number of hydrogen-bond acceptors (Lipinski definition) is 2. The molecule has 0 spiro atoms. The summed E-state index contributed by atoms with van der Waals surface area (Å²) in [6.07, 6.45) is 6.14. The lowest BCUT2D eigenvalue weighted by atomic mass is 10.1. The van der Waals surface area contributed by atoms with Gasteiger partial charge in [0.2, 0.25) is 5.91 Å². The van der Waals surface area contributed by atoms with Gasteiger partial charge in [0.1, 0.15) is 0 Å². The lowest BCUT2D eigenvalue weighted by Crippen LogP contribution is -2.36. The van der Waals surface area contributed by atoms with Crippen molar-refractivity contribution in [3.05, 3.63) is 42.5 Å². The summed E-state index contributed by atoms with van der Waals surface area (Å²) in [5.41, 5.74) is 1.95. The Bertz CT molecular complexity index is 562. The van der Waals surface area contributed by atoms with Crippen LogP contribution in [0.25, 0.3) is 0 Å². The van der Waals surface area contributed by atoms with Crippen LogP contribution in [0.5, 0.6) is 0 Å². The number of hydrogen-bond donors (Lipinski definition) is 3. The molecule has 23 heavy (non-hydrogen) atoms. The Hall–Kier alpha value is -2.30. The van der Waals surface area contributed by atoms with Crippen molar-refractivity contribution < 1.29 is 4.79 Å². The lowest BCUT2D eigenvalue weighted by Gasteiger charge is -2.13.